The molecule has 1 fully saturated rings. The Balaban J connectivity index is 1.60. The first-order valence-electron chi connectivity index (χ1n) is 12.0. The molecule has 3 atom stereocenters. The van der Waals surface area contributed by atoms with E-state index in [1.54, 1.807) is 6.07 Å². The number of rotatable bonds is 4. The van der Waals surface area contributed by atoms with Gasteiger partial charge in [-0.15, -0.1) is 0 Å². The maximum atomic E-state index is 15.5. The van der Waals surface area contributed by atoms with Gasteiger partial charge in [0.25, 0.3) is 5.56 Å². The largest absolute Gasteiger partial charge is 0.529 e. The van der Waals surface area contributed by atoms with Crippen molar-refractivity contribution in [3.8, 4) is 5.75 Å². The fourth-order valence-electron chi connectivity index (χ4n) is 4.42. The van der Waals surface area contributed by atoms with Crippen molar-refractivity contribution in [3.63, 3.8) is 0 Å². The quantitative estimate of drug-likeness (QED) is 0.475. The van der Waals surface area contributed by atoms with Crippen LogP contribution in [0.5, 0.6) is 5.75 Å². The van der Waals surface area contributed by atoms with Gasteiger partial charge in [-0.2, -0.15) is 0 Å². The number of H-pyrrole nitrogens is 1. The molecule has 37 heavy (non-hydrogen) atoms. The third-order valence-electron chi connectivity index (χ3n) is 6.43. The Morgan fingerprint density at radius 2 is 1.76 bits per heavy atom. The van der Waals surface area contributed by atoms with Crippen LogP contribution in [0.25, 0.3) is 0 Å². The van der Waals surface area contributed by atoms with Gasteiger partial charge in [-0.1, -0.05) is 41.5 Å². The molecule has 4 radical (unpaired) electrons. The number of nitrogens with one attached hydrogen (secondary N) is 1. The van der Waals surface area contributed by atoms with E-state index in [4.69, 9.17) is 34.0 Å². The zero-order valence-corrected chi connectivity index (χ0v) is 22.7. The molecule has 2 aliphatic heterocycles. The Hall–Kier alpha value is -2.13. The van der Waals surface area contributed by atoms with Crippen LogP contribution < -0.4 is 15.8 Å². The van der Waals surface area contributed by atoms with E-state index in [1.165, 1.54) is 16.8 Å². The minimum atomic E-state index is -4.41. The fourth-order valence-corrected chi connectivity index (χ4v) is 5.79. The fraction of sp³-hybridized carbons (Fsp3) is 0.583. The lowest BCUT2D eigenvalue weighted by Gasteiger charge is -2.38. The molecule has 13 heteroatoms. The number of aromatic amines is 1. The number of hydrogen-bond donors (Lipinski definition) is 1. The molecule has 1 aromatic carbocycles. The average Bonchev–Trinajstić information content (AvgIpc) is 3.22. The minimum absolute atomic E-state index is 0.0772. The van der Waals surface area contributed by atoms with Crippen LogP contribution in [0.3, 0.4) is 0 Å². The van der Waals surface area contributed by atoms with Gasteiger partial charge in [0.1, 0.15) is 33.5 Å². The summed E-state index contributed by atoms with van der Waals surface area (Å²) in [5, 5.41) is -2.14. The molecule has 196 valence electrons. The minimum Gasteiger partial charge on any atom is -0.403 e. The molecule has 1 N–H and O–H groups in total. The van der Waals surface area contributed by atoms with E-state index in [0.29, 0.717) is 17.5 Å². The highest BCUT2D eigenvalue weighted by molar-refractivity contribution is 7.49. The lowest BCUT2D eigenvalue weighted by molar-refractivity contribution is -0.0515. The van der Waals surface area contributed by atoms with Crippen molar-refractivity contribution in [2.24, 2.45) is 0 Å². The van der Waals surface area contributed by atoms with Crippen molar-refractivity contribution >= 4 is 23.5 Å². The standard InChI is InChI=1S/C24H30B2FN2O7P/c1-22(2,3)14-11-15(23(4,5)6)20-13(19(14)27)12-33-37(32,35-20)36-24(25,26)16-7-8-18(34-16)29-10-9-17(30)28-21(29)31/h9-11,16,18H,7-8,12H2,1-6H3,(H,28,30,31). The van der Waals surface area contributed by atoms with Crippen molar-refractivity contribution in [3.05, 3.63) is 61.7 Å². The highest BCUT2D eigenvalue weighted by Crippen LogP contribution is 2.59. The monoisotopic (exact) mass is 530 g/mol. The number of halogens is 1. The van der Waals surface area contributed by atoms with Crippen LogP contribution in [0.15, 0.2) is 27.9 Å². The molecule has 0 saturated carbocycles. The highest BCUT2D eigenvalue weighted by Gasteiger charge is 2.47. The Kier molecular flexibility index (Phi) is 6.98. The summed E-state index contributed by atoms with van der Waals surface area (Å²) in [5.41, 5.74) is -0.934. The molecule has 0 aliphatic carbocycles. The molecule has 0 spiro atoms. The van der Waals surface area contributed by atoms with Crippen molar-refractivity contribution in [2.45, 2.75) is 89.6 Å². The Morgan fingerprint density at radius 3 is 2.35 bits per heavy atom. The zero-order chi connectivity index (χ0) is 27.6. The number of aromatic nitrogens is 2. The van der Waals surface area contributed by atoms with Crippen molar-refractivity contribution < 1.29 is 27.3 Å². The molecule has 1 saturated heterocycles. The van der Waals surface area contributed by atoms with Crippen LogP contribution in [0, 0.1) is 5.82 Å². The van der Waals surface area contributed by atoms with Crippen LogP contribution in [0.2, 0.25) is 0 Å². The molecule has 0 bridgehead atoms. The number of nitrogens with zero attached hydrogens (tertiary/aromatic N) is 1. The van der Waals surface area contributed by atoms with Gasteiger partial charge in [0.2, 0.25) is 0 Å². The molecular weight excluding hydrogens is 500 g/mol. The Bertz CT molecular complexity index is 1380. The summed E-state index contributed by atoms with van der Waals surface area (Å²) in [6, 6.07) is 2.90. The zero-order valence-electron chi connectivity index (χ0n) is 21.8. The maximum Gasteiger partial charge on any atom is 0.529 e. The summed E-state index contributed by atoms with van der Waals surface area (Å²) in [7, 11) is 7.94. The molecule has 9 nitrogen and oxygen atoms in total. The number of fused-ring (bicyclic) bond motifs is 1. The molecule has 4 rings (SSSR count). The second-order valence-corrected chi connectivity index (χ2v) is 13.0. The topological polar surface area (TPSA) is 109 Å². The summed E-state index contributed by atoms with van der Waals surface area (Å²) in [5.74, 6) is -0.421. The molecular formula is C24H30B2FN2O7P. The second-order valence-electron chi connectivity index (χ2n) is 11.5. The van der Waals surface area contributed by atoms with E-state index in [1.807, 2.05) is 41.5 Å². The van der Waals surface area contributed by atoms with Gasteiger partial charge in [0.15, 0.2) is 0 Å². The van der Waals surface area contributed by atoms with Crippen LogP contribution in [0.1, 0.15) is 77.3 Å². The van der Waals surface area contributed by atoms with Crippen molar-refractivity contribution in [1.82, 2.24) is 9.55 Å². The predicted octanol–water partition coefficient (Wildman–Crippen LogP) is 3.67. The number of benzene rings is 1. The summed E-state index contributed by atoms with van der Waals surface area (Å²) in [6.45, 7) is 11.1. The molecule has 1 aromatic heterocycles. The van der Waals surface area contributed by atoms with Crippen LogP contribution in [0.4, 0.5) is 4.39 Å². The van der Waals surface area contributed by atoms with Crippen molar-refractivity contribution in [2.75, 3.05) is 0 Å². The number of hydrogen-bond acceptors (Lipinski definition) is 7. The molecule has 2 aromatic rings. The number of ether oxygens (including phenoxy) is 1. The third-order valence-corrected chi connectivity index (χ3v) is 7.82. The van der Waals surface area contributed by atoms with E-state index in [2.05, 4.69) is 4.98 Å². The van der Waals surface area contributed by atoms with E-state index in [9.17, 15) is 14.2 Å². The van der Waals surface area contributed by atoms with E-state index < -0.39 is 53.5 Å². The average molecular weight is 530 g/mol. The normalized spacial score (nSPS) is 24.5. The molecule has 2 aliphatic rings. The summed E-state index contributed by atoms with van der Waals surface area (Å²) in [4.78, 5) is 25.6. The van der Waals surface area contributed by atoms with Gasteiger partial charge in [0, 0.05) is 23.2 Å². The van der Waals surface area contributed by atoms with Crippen molar-refractivity contribution in [1.29, 1.82) is 0 Å². The molecule has 0 amide bonds. The predicted molar refractivity (Wildman–Crippen MR) is 137 cm³/mol. The van der Waals surface area contributed by atoms with Crippen LogP contribution >= 0.6 is 7.82 Å². The summed E-state index contributed by atoms with van der Waals surface area (Å²) >= 11 is 0. The Labute approximate surface area is 217 Å². The maximum absolute atomic E-state index is 15.5. The van der Waals surface area contributed by atoms with Gasteiger partial charge in [-0.3, -0.25) is 23.4 Å². The first-order chi connectivity index (χ1) is 16.9. The van der Waals surface area contributed by atoms with E-state index >= 15 is 4.39 Å². The number of phosphoric ester groups is 1. The van der Waals surface area contributed by atoms with Gasteiger partial charge < -0.3 is 9.26 Å². The van der Waals surface area contributed by atoms with Gasteiger partial charge in [0.05, 0.1) is 18.3 Å². The lowest BCUT2D eigenvalue weighted by atomic mass is 9.61. The first kappa shape index (κ1) is 27.9. The van der Waals surface area contributed by atoms with Crippen LogP contribution in [-0.4, -0.2) is 36.7 Å². The van der Waals surface area contributed by atoms with Crippen LogP contribution in [-0.2, 0) is 35.8 Å². The summed E-state index contributed by atoms with van der Waals surface area (Å²) < 4.78 is 52.7. The highest BCUT2D eigenvalue weighted by atomic mass is 31.2. The van der Waals surface area contributed by atoms with Gasteiger partial charge in [-0.05, 0) is 35.3 Å². The Morgan fingerprint density at radius 1 is 1.11 bits per heavy atom. The molecule has 3 heterocycles. The summed E-state index contributed by atoms with van der Waals surface area (Å²) in [6.07, 6.45) is 0.0794. The van der Waals surface area contributed by atoms with E-state index in [-0.39, 0.29) is 24.3 Å². The second kappa shape index (κ2) is 9.26. The first-order valence-corrected chi connectivity index (χ1v) is 13.4. The number of phosphoric acid groups is 1. The van der Waals surface area contributed by atoms with Gasteiger partial charge in [-0.25, -0.2) is 13.8 Å². The molecule has 3 unspecified atom stereocenters. The SMILES string of the molecule is [B]C([B])(OP1(=O)OCc2c(F)c(C(C)(C)C)cc(C(C)(C)C)c2O1)C1CCC(n2ccc(=O)[nH]c2=O)O1. The third kappa shape index (κ3) is 5.53. The van der Waals surface area contributed by atoms with Gasteiger partial charge >= 0.3 is 13.5 Å². The lowest BCUT2D eigenvalue weighted by Crippen LogP contribution is -2.46. The van der Waals surface area contributed by atoms with E-state index in [0.717, 1.165) is 0 Å². The smallest absolute Gasteiger partial charge is 0.403 e.